The lowest BCUT2D eigenvalue weighted by molar-refractivity contribution is -0.137. The van der Waals surface area contributed by atoms with Crippen molar-refractivity contribution in [3.05, 3.63) is 33.8 Å². The summed E-state index contributed by atoms with van der Waals surface area (Å²) < 4.78 is 43.1. The van der Waals surface area contributed by atoms with Gasteiger partial charge in [0, 0.05) is 4.47 Å². The monoisotopic (exact) mass is 367 g/mol. The van der Waals surface area contributed by atoms with E-state index in [0.717, 1.165) is 12.1 Å². The fraction of sp³-hybridized carbons (Fsp3) is 0.500. The highest BCUT2D eigenvalue weighted by molar-refractivity contribution is 9.10. The minimum Gasteiger partial charge on any atom is -0.444 e. The number of alkyl carbamates (subject to hydrolysis) is 1. The normalized spacial score (nSPS) is 13.7. The maximum atomic E-state index is 12.6. The highest BCUT2D eigenvalue weighted by atomic mass is 79.9. The van der Waals surface area contributed by atoms with Gasteiger partial charge in [0.15, 0.2) is 0 Å². The number of hydrogen-bond donors (Lipinski definition) is 1. The Morgan fingerprint density at radius 2 is 1.86 bits per heavy atom. The lowest BCUT2D eigenvalue weighted by Gasteiger charge is -2.22. The van der Waals surface area contributed by atoms with E-state index in [9.17, 15) is 18.0 Å². The molecule has 0 aliphatic heterocycles. The van der Waals surface area contributed by atoms with Gasteiger partial charge >= 0.3 is 12.3 Å². The van der Waals surface area contributed by atoms with Gasteiger partial charge in [-0.15, -0.1) is 0 Å². The van der Waals surface area contributed by atoms with Crippen LogP contribution in [0.25, 0.3) is 0 Å². The Morgan fingerprint density at radius 3 is 2.29 bits per heavy atom. The Bertz CT molecular complexity index is 524. The van der Waals surface area contributed by atoms with Gasteiger partial charge in [-0.1, -0.05) is 22.0 Å². The van der Waals surface area contributed by atoms with Crippen molar-refractivity contribution in [1.29, 1.82) is 0 Å². The zero-order valence-electron chi connectivity index (χ0n) is 12.1. The van der Waals surface area contributed by atoms with E-state index >= 15 is 0 Å². The molecule has 0 saturated heterocycles. The van der Waals surface area contributed by atoms with Gasteiger partial charge in [0.1, 0.15) is 5.60 Å². The van der Waals surface area contributed by atoms with Crippen LogP contribution in [0.5, 0.6) is 0 Å². The number of alkyl halides is 3. The molecule has 0 aliphatic rings. The van der Waals surface area contributed by atoms with E-state index in [-0.39, 0.29) is 4.47 Å². The summed E-state index contributed by atoms with van der Waals surface area (Å²) in [7, 11) is 0. The number of ether oxygens (including phenoxy) is 1. The van der Waals surface area contributed by atoms with Gasteiger partial charge < -0.3 is 10.1 Å². The van der Waals surface area contributed by atoms with E-state index in [4.69, 9.17) is 4.74 Å². The van der Waals surface area contributed by atoms with E-state index in [1.165, 1.54) is 6.07 Å². The van der Waals surface area contributed by atoms with Crippen LogP contribution >= 0.6 is 15.9 Å². The van der Waals surface area contributed by atoms with Crippen LogP contribution in [0, 0.1) is 0 Å². The number of hydrogen-bond acceptors (Lipinski definition) is 2. The molecule has 0 heterocycles. The predicted molar refractivity (Wildman–Crippen MR) is 76.9 cm³/mol. The van der Waals surface area contributed by atoms with Crippen molar-refractivity contribution in [2.75, 3.05) is 0 Å². The molecule has 0 fully saturated rings. The second kappa shape index (κ2) is 6.25. The quantitative estimate of drug-likeness (QED) is 0.793. The molecule has 1 aromatic rings. The zero-order chi connectivity index (χ0) is 16.4. The Kier molecular flexibility index (Phi) is 5.30. The summed E-state index contributed by atoms with van der Waals surface area (Å²) in [5.41, 5.74) is -0.849. The van der Waals surface area contributed by atoms with Crippen LogP contribution in [-0.4, -0.2) is 11.7 Å². The lowest BCUT2D eigenvalue weighted by atomic mass is 10.1. The van der Waals surface area contributed by atoms with Gasteiger partial charge in [0.25, 0.3) is 0 Å². The lowest BCUT2D eigenvalue weighted by Crippen LogP contribution is -2.34. The number of benzene rings is 1. The molecule has 0 saturated carbocycles. The van der Waals surface area contributed by atoms with Crippen LogP contribution in [0.1, 0.15) is 44.9 Å². The maximum absolute atomic E-state index is 12.6. The summed E-state index contributed by atoms with van der Waals surface area (Å²) in [6, 6.07) is 2.81. The second-order valence-electron chi connectivity index (χ2n) is 5.60. The van der Waals surface area contributed by atoms with Gasteiger partial charge in [-0.3, -0.25) is 0 Å². The van der Waals surface area contributed by atoms with E-state index in [0.29, 0.717) is 5.56 Å². The van der Waals surface area contributed by atoms with Crippen LogP contribution in [-0.2, 0) is 10.9 Å². The van der Waals surface area contributed by atoms with Gasteiger partial charge in [-0.25, -0.2) is 4.79 Å². The van der Waals surface area contributed by atoms with Gasteiger partial charge in [-0.05, 0) is 45.4 Å². The van der Waals surface area contributed by atoms with Crippen molar-refractivity contribution in [1.82, 2.24) is 5.32 Å². The molecule has 3 nitrogen and oxygen atoms in total. The topological polar surface area (TPSA) is 38.3 Å². The van der Waals surface area contributed by atoms with Crippen LogP contribution < -0.4 is 5.32 Å². The fourth-order valence-corrected chi connectivity index (χ4v) is 2.34. The van der Waals surface area contributed by atoms with Crippen molar-refractivity contribution in [2.45, 2.75) is 45.5 Å². The Labute approximate surface area is 130 Å². The molecule has 0 spiro atoms. The third kappa shape index (κ3) is 5.57. The van der Waals surface area contributed by atoms with Crippen LogP contribution in [0.4, 0.5) is 18.0 Å². The van der Waals surface area contributed by atoms with Crippen LogP contribution in [0.2, 0.25) is 0 Å². The van der Waals surface area contributed by atoms with Crippen molar-refractivity contribution < 1.29 is 22.7 Å². The van der Waals surface area contributed by atoms with E-state index in [2.05, 4.69) is 21.2 Å². The number of carbonyl (C=O) groups is 1. The van der Waals surface area contributed by atoms with Crippen LogP contribution in [0.15, 0.2) is 22.7 Å². The molecule has 0 radical (unpaired) electrons. The second-order valence-corrected chi connectivity index (χ2v) is 6.46. The minimum atomic E-state index is -4.40. The van der Waals surface area contributed by atoms with Gasteiger partial charge in [0.05, 0.1) is 11.6 Å². The Hall–Kier alpha value is -1.24. The summed E-state index contributed by atoms with van der Waals surface area (Å²) in [5.74, 6) is 0. The molecule has 1 aromatic carbocycles. The number of nitrogens with one attached hydrogen (secondary N) is 1. The number of carbonyl (C=O) groups excluding carboxylic acids is 1. The molecule has 0 unspecified atom stereocenters. The fourth-order valence-electron chi connectivity index (χ4n) is 1.62. The molecule has 0 aliphatic carbocycles. The van der Waals surface area contributed by atoms with Gasteiger partial charge in [-0.2, -0.15) is 13.2 Å². The summed E-state index contributed by atoms with van der Waals surface area (Å²) in [5, 5.41) is 2.58. The number of halogens is 4. The van der Waals surface area contributed by atoms with Gasteiger partial charge in [0.2, 0.25) is 0 Å². The van der Waals surface area contributed by atoms with E-state index in [1.54, 1.807) is 27.7 Å². The molecule has 7 heteroatoms. The van der Waals surface area contributed by atoms with Crippen molar-refractivity contribution in [2.24, 2.45) is 0 Å². The standard InChI is InChI=1S/C14H17BrF3NO2/c1-8(19-12(20)21-13(2,3)4)10-6-5-9(7-11(10)15)14(16,17)18/h5-8H,1-4H3,(H,19,20)/t8-/m1/s1. The molecule has 1 amide bonds. The summed E-state index contributed by atoms with van der Waals surface area (Å²) in [6.07, 6.45) is -5.02. The largest absolute Gasteiger partial charge is 0.444 e. The first kappa shape index (κ1) is 17.8. The number of rotatable bonds is 2. The predicted octanol–water partition coefficient (Wildman–Crippen LogP) is 5.05. The zero-order valence-corrected chi connectivity index (χ0v) is 13.7. The highest BCUT2D eigenvalue weighted by Gasteiger charge is 2.31. The molecular weight excluding hydrogens is 351 g/mol. The van der Waals surface area contributed by atoms with Crippen LogP contribution in [0.3, 0.4) is 0 Å². The molecule has 0 bridgehead atoms. The average molecular weight is 368 g/mol. The molecule has 21 heavy (non-hydrogen) atoms. The Morgan fingerprint density at radius 1 is 1.29 bits per heavy atom. The van der Waals surface area contributed by atoms with Crippen molar-refractivity contribution in [3.8, 4) is 0 Å². The molecule has 1 atom stereocenters. The first-order valence-electron chi connectivity index (χ1n) is 6.26. The maximum Gasteiger partial charge on any atom is 0.416 e. The summed E-state index contributed by atoms with van der Waals surface area (Å²) >= 11 is 3.10. The first-order chi connectivity index (χ1) is 9.40. The smallest absolute Gasteiger partial charge is 0.416 e. The van der Waals surface area contributed by atoms with E-state index < -0.39 is 29.5 Å². The van der Waals surface area contributed by atoms with Crippen molar-refractivity contribution in [3.63, 3.8) is 0 Å². The molecule has 1 N–H and O–H groups in total. The van der Waals surface area contributed by atoms with E-state index in [1.807, 2.05) is 0 Å². The molecule has 1 rings (SSSR count). The summed E-state index contributed by atoms with van der Waals surface area (Å²) in [6.45, 7) is 6.85. The minimum absolute atomic E-state index is 0.279. The Balaban J connectivity index is 2.84. The summed E-state index contributed by atoms with van der Waals surface area (Å²) in [4.78, 5) is 11.7. The average Bonchev–Trinajstić information content (AvgIpc) is 2.24. The van der Waals surface area contributed by atoms with Crippen molar-refractivity contribution >= 4 is 22.0 Å². The number of amides is 1. The molecule has 118 valence electrons. The molecule has 0 aromatic heterocycles. The third-order valence-corrected chi connectivity index (χ3v) is 3.21. The highest BCUT2D eigenvalue weighted by Crippen LogP contribution is 2.33. The first-order valence-corrected chi connectivity index (χ1v) is 7.05. The molecular formula is C14H17BrF3NO2. The third-order valence-electron chi connectivity index (χ3n) is 2.53. The SMILES string of the molecule is C[C@@H](NC(=O)OC(C)(C)C)c1ccc(C(F)(F)F)cc1Br.